The number of rotatable bonds is 11. The molecule has 0 saturated carbocycles. The van der Waals surface area contributed by atoms with Crippen LogP contribution in [0.3, 0.4) is 0 Å². The van der Waals surface area contributed by atoms with Crippen LogP contribution in [0.15, 0.2) is 36.6 Å². The largest absolute Gasteiger partial charge is 0.398 e. The Hall–Kier alpha value is -1.98. The number of piperazine rings is 1. The Labute approximate surface area is 198 Å². The van der Waals surface area contributed by atoms with Crippen LogP contribution in [-0.4, -0.2) is 45.3 Å². The van der Waals surface area contributed by atoms with E-state index < -0.39 is 0 Å². The fraction of sp³-hybridized carbons (Fsp3) is 0.630. The standard InChI is InChI=1S/C23H39N5.2C2H6/c1-5-7-10-26-17-22(18(3)16-27-19(4)6-2)21-9-8-20(15-23(21)24)28-13-11-25-12-14-28;2*1-2/h8-9,15,17,19,25-27H,3,5-7,10-14,16,24H2,1-2,4H3;2*1-2H3/b22-17+;;. The van der Waals surface area contributed by atoms with Gasteiger partial charge in [0.15, 0.2) is 0 Å². The number of nitrogen functional groups attached to an aromatic ring is 1. The van der Waals surface area contributed by atoms with Gasteiger partial charge >= 0.3 is 0 Å². The predicted molar refractivity (Wildman–Crippen MR) is 146 cm³/mol. The lowest BCUT2D eigenvalue weighted by atomic mass is 9.97. The lowest BCUT2D eigenvalue weighted by molar-refractivity contribution is 0.563. The molecule has 1 aliphatic heterocycles. The zero-order valence-electron chi connectivity index (χ0n) is 22.0. The van der Waals surface area contributed by atoms with Gasteiger partial charge in [0, 0.05) is 74.0 Å². The molecular weight excluding hydrogens is 394 g/mol. The van der Waals surface area contributed by atoms with Gasteiger partial charge in [-0.15, -0.1) is 0 Å². The SMILES string of the molecule is C=C(CNC(C)CC)/C(=C\NCCCC)c1ccc(N2CCNCC2)cc1N.CC.CC. The van der Waals surface area contributed by atoms with Gasteiger partial charge in [0.25, 0.3) is 0 Å². The Bertz CT molecular complexity index is 647. The molecule has 1 aromatic rings. The van der Waals surface area contributed by atoms with Crippen molar-refractivity contribution in [2.24, 2.45) is 0 Å². The maximum Gasteiger partial charge on any atom is 0.0415 e. The third-order valence-electron chi connectivity index (χ3n) is 5.39. The number of anilines is 2. The van der Waals surface area contributed by atoms with Gasteiger partial charge in [0.2, 0.25) is 0 Å². The summed E-state index contributed by atoms with van der Waals surface area (Å²) in [5.41, 5.74) is 11.7. The molecule has 1 saturated heterocycles. The van der Waals surface area contributed by atoms with E-state index in [1.807, 2.05) is 27.7 Å². The summed E-state index contributed by atoms with van der Waals surface area (Å²) in [7, 11) is 0. The van der Waals surface area contributed by atoms with Gasteiger partial charge in [-0.3, -0.25) is 0 Å². The number of hydrogen-bond acceptors (Lipinski definition) is 5. The van der Waals surface area contributed by atoms with Crippen LogP contribution in [0.1, 0.15) is 73.3 Å². The molecule has 0 aromatic heterocycles. The molecule has 1 aromatic carbocycles. The quantitative estimate of drug-likeness (QED) is 0.208. The van der Waals surface area contributed by atoms with Crippen molar-refractivity contribution in [3.05, 3.63) is 42.1 Å². The smallest absolute Gasteiger partial charge is 0.0415 e. The number of nitrogens with zero attached hydrogens (tertiary/aromatic N) is 1. The number of nitrogens with one attached hydrogen (secondary N) is 3. The van der Waals surface area contributed by atoms with Crippen LogP contribution in [-0.2, 0) is 0 Å². The van der Waals surface area contributed by atoms with Crippen molar-refractivity contribution in [3.8, 4) is 0 Å². The molecule has 0 radical (unpaired) electrons. The Morgan fingerprint density at radius 1 is 1.19 bits per heavy atom. The summed E-state index contributed by atoms with van der Waals surface area (Å²) in [4.78, 5) is 2.39. The summed E-state index contributed by atoms with van der Waals surface area (Å²) >= 11 is 0. The third-order valence-corrected chi connectivity index (χ3v) is 5.39. The number of unbranched alkanes of at least 4 members (excludes halogenated alkanes) is 1. The van der Waals surface area contributed by atoms with Gasteiger partial charge in [-0.2, -0.15) is 0 Å². The summed E-state index contributed by atoms with van der Waals surface area (Å²) in [6, 6.07) is 6.91. The normalized spacial score (nSPS) is 14.5. The minimum atomic E-state index is 0.471. The molecule has 0 aliphatic carbocycles. The van der Waals surface area contributed by atoms with E-state index in [0.29, 0.717) is 6.04 Å². The van der Waals surface area contributed by atoms with Gasteiger partial charge in [-0.25, -0.2) is 0 Å². The Kier molecular flexibility index (Phi) is 17.4. The van der Waals surface area contributed by atoms with Crippen molar-refractivity contribution in [2.45, 2.75) is 73.8 Å². The zero-order chi connectivity index (χ0) is 24.4. The van der Waals surface area contributed by atoms with E-state index in [9.17, 15) is 0 Å². The maximum atomic E-state index is 6.51. The lowest BCUT2D eigenvalue weighted by Crippen LogP contribution is -2.43. The van der Waals surface area contributed by atoms with E-state index in [1.165, 1.54) is 12.1 Å². The first-order valence-electron chi connectivity index (χ1n) is 12.8. The molecule has 32 heavy (non-hydrogen) atoms. The highest BCUT2D eigenvalue weighted by Gasteiger charge is 2.15. The minimum absolute atomic E-state index is 0.471. The van der Waals surface area contributed by atoms with Crippen LogP contribution in [0.25, 0.3) is 5.57 Å². The summed E-state index contributed by atoms with van der Waals surface area (Å²) < 4.78 is 0. The van der Waals surface area contributed by atoms with Crippen LogP contribution in [0.4, 0.5) is 11.4 Å². The molecule has 5 N–H and O–H groups in total. The van der Waals surface area contributed by atoms with Crippen molar-refractivity contribution in [1.29, 1.82) is 0 Å². The third kappa shape index (κ3) is 10.6. The molecule has 1 aliphatic rings. The highest BCUT2D eigenvalue weighted by molar-refractivity contribution is 5.86. The highest BCUT2D eigenvalue weighted by Crippen LogP contribution is 2.30. The van der Waals surface area contributed by atoms with Gasteiger partial charge in [0.05, 0.1) is 0 Å². The molecule has 1 heterocycles. The summed E-state index contributed by atoms with van der Waals surface area (Å²) in [5.74, 6) is 0. The van der Waals surface area contributed by atoms with Gasteiger partial charge in [-0.1, -0.05) is 60.6 Å². The minimum Gasteiger partial charge on any atom is -0.398 e. The molecule has 5 nitrogen and oxygen atoms in total. The number of nitrogens with two attached hydrogens (primary N) is 1. The van der Waals surface area contributed by atoms with Gasteiger partial charge in [0.1, 0.15) is 0 Å². The maximum absolute atomic E-state index is 6.51. The van der Waals surface area contributed by atoms with E-state index in [4.69, 9.17) is 5.73 Å². The van der Waals surface area contributed by atoms with Gasteiger partial charge < -0.3 is 26.6 Å². The molecule has 1 atom stereocenters. The second-order valence-corrected chi connectivity index (χ2v) is 7.67. The van der Waals surface area contributed by atoms with E-state index in [-0.39, 0.29) is 0 Å². The van der Waals surface area contributed by atoms with Crippen LogP contribution >= 0.6 is 0 Å². The van der Waals surface area contributed by atoms with Crippen molar-refractivity contribution in [1.82, 2.24) is 16.0 Å². The fourth-order valence-corrected chi connectivity index (χ4v) is 3.28. The average molecular weight is 446 g/mol. The lowest BCUT2D eigenvalue weighted by Gasteiger charge is -2.30. The molecule has 0 bridgehead atoms. The molecule has 0 amide bonds. The van der Waals surface area contributed by atoms with Crippen LogP contribution in [0.5, 0.6) is 0 Å². The highest BCUT2D eigenvalue weighted by atomic mass is 15.2. The Morgan fingerprint density at radius 2 is 1.84 bits per heavy atom. The van der Waals surface area contributed by atoms with Crippen LogP contribution in [0.2, 0.25) is 0 Å². The van der Waals surface area contributed by atoms with Gasteiger partial charge in [-0.05, 0) is 37.5 Å². The van der Waals surface area contributed by atoms with Crippen molar-refractivity contribution in [2.75, 3.05) is 49.9 Å². The Morgan fingerprint density at radius 3 is 2.41 bits per heavy atom. The van der Waals surface area contributed by atoms with Crippen molar-refractivity contribution < 1.29 is 0 Å². The fourth-order valence-electron chi connectivity index (χ4n) is 3.28. The van der Waals surface area contributed by atoms with Crippen molar-refractivity contribution >= 4 is 16.9 Å². The predicted octanol–water partition coefficient (Wildman–Crippen LogP) is 5.41. The van der Waals surface area contributed by atoms with Crippen LogP contribution in [0, 0.1) is 0 Å². The first-order chi connectivity index (χ1) is 15.6. The number of hydrogen-bond donors (Lipinski definition) is 4. The van der Waals surface area contributed by atoms with E-state index >= 15 is 0 Å². The molecule has 0 spiro atoms. The second-order valence-electron chi connectivity index (χ2n) is 7.67. The molecule has 184 valence electrons. The average Bonchev–Trinajstić information content (AvgIpc) is 2.85. The summed E-state index contributed by atoms with van der Waals surface area (Å²) in [6.07, 6.45) is 5.52. The van der Waals surface area contributed by atoms with E-state index in [2.05, 4.69) is 72.6 Å². The molecule has 1 unspecified atom stereocenters. The van der Waals surface area contributed by atoms with E-state index in [1.54, 1.807) is 0 Å². The van der Waals surface area contributed by atoms with E-state index in [0.717, 1.165) is 74.5 Å². The first kappa shape index (κ1) is 30.0. The molecule has 2 rings (SSSR count). The summed E-state index contributed by atoms with van der Waals surface area (Å²) in [5, 5.41) is 10.4. The van der Waals surface area contributed by atoms with Crippen LogP contribution < -0.4 is 26.6 Å². The second kappa shape index (κ2) is 18.6. The zero-order valence-corrected chi connectivity index (χ0v) is 22.0. The number of benzene rings is 1. The molecule has 5 heteroatoms. The first-order valence-corrected chi connectivity index (χ1v) is 12.8. The monoisotopic (exact) mass is 445 g/mol. The topological polar surface area (TPSA) is 65.3 Å². The van der Waals surface area contributed by atoms with Crippen molar-refractivity contribution in [3.63, 3.8) is 0 Å². The summed E-state index contributed by atoms with van der Waals surface area (Å²) in [6.45, 7) is 24.7. The Balaban J connectivity index is 0.00000227. The molecule has 1 fully saturated rings. The molecular formula is C27H51N5.